The normalized spacial score (nSPS) is 50.9. The lowest BCUT2D eigenvalue weighted by molar-refractivity contribution is 0.0649. The van der Waals surface area contributed by atoms with Crippen LogP contribution in [0.4, 0.5) is 0 Å². The maximum atomic E-state index is 5.80. The van der Waals surface area contributed by atoms with Crippen molar-refractivity contribution in [3.63, 3.8) is 0 Å². The van der Waals surface area contributed by atoms with Gasteiger partial charge in [0.1, 0.15) is 0 Å². The first-order chi connectivity index (χ1) is 14.3. The third kappa shape index (κ3) is 5.54. The Morgan fingerprint density at radius 1 is 0.414 bits per heavy atom. The van der Waals surface area contributed by atoms with Crippen molar-refractivity contribution in [2.24, 2.45) is 29.6 Å². The molecular formula is C24H38O5. The third-order valence-corrected chi connectivity index (χ3v) is 8.46. The monoisotopic (exact) mass is 406 g/mol. The second kappa shape index (κ2) is 8.38. The first kappa shape index (κ1) is 19.5. The molecule has 6 rings (SSSR count). The van der Waals surface area contributed by atoms with Crippen molar-refractivity contribution < 1.29 is 23.7 Å². The predicted molar refractivity (Wildman–Crippen MR) is 108 cm³/mol. The van der Waals surface area contributed by atoms with E-state index in [9.17, 15) is 0 Å². The third-order valence-electron chi connectivity index (χ3n) is 8.46. The smallest absolute Gasteiger partial charge is 0.0812 e. The minimum atomic E-state index is 0.502. The molecule has 6 aliphatic rings. The molecule has 5 heteroatoms. The standard InChI is InChI=1S/C24H38O5/c1-2-4-16(6-18-11-26-18)23(8-20-13-28-20)24(9-21-14-29-21)22(7-19-12-27-19)15(3-1)5-17-10-25-17/h15-24H,1-14H2. The zero-order valence-electron chi connectivity index (χ0n) is 17.7. The van der Waals surface area contributed by atoms with Crippen LogP contribution in [0.15, 0.2) is 0 Å². The van der Waals surface area contributed by atoms with E-state index in [1.54, 1.807) is 0 Å². The summed E-state index contributed by atoms with van der Waals surface area (Å²) in [5, 5.41) is 0. The molecule has 0 N–H and O–H groups in total. The van der Waals surface area contributed by atoms with Crippen molar-refractivity contribution in [2.45, 2.75) is 88.3 Å². The number of hydrogen-bond donors (Lipinski definition) is 0. The summed E-state index contributed by atoms with van der Waals surface area (Å²) in [7, 11) is 0. The summed E-state index contributed by atoms with van der Waals surface area (Å²) >= 11 is 0. The Morgan fingerprint density at radius 3 is 1.07 bits per heavy atom. The fraction of sp³-hybridized carbons (Fsp3) is 1.00. The lowest BCUT2D eigenvalue weighted by Crippen LogP contribution is -2.36. The molecule has 1 aliphatic carbocycles. The largest absolute Gasteiger partial charge is 0.373 e. The van der Waals surface area contributed by atoms with E-state index in [2.05, 4.69) is 0 Å². The van der Waals surface area contributed by atoms with Crippen LogP contribution in [-0.4, -0.2) is 63.6 Å². The summed E-state index contributed by atoms with van der Waals surface area (Å²) in [5.41, 5.74) is 0. The van der Waals surface area contributed by atoms with Crippen LogP contribution in [0, 0.1) is 29.6 Å². The number of ether oxygens (including phenoxy) is 5. The van der Waals surface area contributed by atoms with Gasteiger partial charge in [0.15, 0.2) is 0 Å². The number of rotatable bonds is 10. The molecule has 0 aromatic heterocycles. The van der Waals surface area contributed by atoms with E-state index in [1.165, 1.54) is 57.8 Å². The van der Waals surface area contributed by atoms with Gasteiger partial charge in [0.05, 0.1) is 63.6 Å². The van der Waals surface area contributed by atoms with Crippen molar-refractivity contribution >= 4 is 0 Å². The first-order valence-corrected chi connectivity index (χ1v) is 12.4. The van der Waals surface area contributed by atoms with E-state index in [0.717, 1.165) is 62.6 Å². The average molecular weight is 407 g/mol. The lowest BCUT2D eigenvalue weighted by atomic mass is 9.64. The van der Waals surface area contributed by atoms with Gasteiger partial charge in [-0.3, -0.25) is 0 Å². The molecule has 5 nitrogen and oxygen atoms in total. The second-order valence-corrected chi connectivity index (χ2v) is 10.8. The molecule has 0 bridgehead atoms. The molecule has 0 amide bonds. The highest BCUT2D eigenvalue weighted by Crippen LogP contribution is 2.50. The molecular weight excluding hydrogens is 368 g/mol. The Labute approximate surface area is 175 Å². The Kier molecular flexibility index (Phi) is 5.63. The van der Waals surface area contributed by atoms with Gasteiger partial charge in [-0.1, -0.05) is 25.7 Å². The lowest BCUT2D eigenvalue weighted by Gasteiger charge is -2.41. The second-order valence-electron chi connectivity index (χ2n) is 10.8. The van der Waals surface area contributed by atoms with Crippen molar-refractivity contribution in [1.29, 1.82) is 0 Å². The van der Waals surface area contributed by atoms with E-state index in [4.69, 9.17) is 23.7 Å². The van der Waals surface area contributed by atoms with Crippen LogP contribution in [0.25, 0.3) is 0 Å². The average Bonchev–Trinajstić information content (AvgIpc) is 3.48. The predicted octanol–water partition coefficient (Wildman–Crippen LogP) is 3.59. The molecule has 5 aliphatic heterocycles. The molecule has 29 heavy (non-hydrogen) atoms. The molecule has 1 saturated carbocycles. The summed E-state index contributed by atoms with van der Waals surface area (Å²) in [6, 6.07) is 0. The van der Waals surface area contributed by atoms with E-state index in [-0.39, 0.29) is 0 Å². The van der Waals surface area contributed by atoms with Gasteiger partial charge < -0.3 is 23.7 Å². The molecule has 164 valence electrons. The van der Waals surface area contributed by atoms with Gasteiger partial charge in [-0.25, -0.2) is 0 Å². The van der Waals surface area contributed by atoms with E-state index < -0.39 is 0 Å². The van der Waals surface area contributed by atoms with Gasteiger partial charge in [0.2, 0.25) is 0 Å². The van der Waals surface area contributed by atoms with Crippen LogP contribution < -0.4 is 0 Å². The Hall–Kier alpha value is -0.200. The zero-order valence-corrected chi connectivity index (χ0v) is 17.7. The van der Waals surface area contributed by atoms with Crippen molar-refractivity contribution in [2.75, 3.05) is 33.0 Å². The van der Waals surface area contributed by atoms with E-state index in [1.807, 2.05) is 0 Å². The highest BCUT2D eigenvalue weighted by molar-refractivity contribution is 4.96. The van der Waals surface area contributed by atoms with Crippen LogP contribution in [0.5, 0.6) is 0 Å². The fourth-order valence-electron chi connectivity index (χ4n) is 6.53. The highest BCUT2D eigenvalue weighted by Gasteiger charge is 2.47. The summed E-state index contributed by atoms with van der Waals surface area (Å²) in [5.74, 6) is 3.81. The van der Waals surface area contributed by atoms with Crippen molar-refractivity contribution in [3.05, 3.63) is 0 Å². The Balaban J connectivity index is 1.29. The topological polar surface area (TPSA) is 62.6 Å². The molecule has 9 unspecified atom stereocenters. The summed E-state index contributed by atoms with van der Waals surface area (Å²) in [6.45, 7) is 4.90. The van der Waals surface area contributed by atoms with E-state index in [0.29, 0.717) is 30.5 Å². The zero-order chi connectivity index (χ0) is 19.2. The molecule has 0 spiro atoms. The SMILES string of the molecule is C1CCC(CC2CO2)C(CC2CO2)C(CC2CO2)C(CC2CO2)C(CC2CO2)C1. The molecule has 5 saturated heterocycles. The number of epoxide rings is 5. The maximum Gasteiger partial charge on any atom is 0.0812 e. The Bertz CT molecular complexity index is 507. The first-order valence-electron chi connectivity index (χ1n) is 12.4. The Morgan fingerprint density at radius 2 is 0.724 bits per heavy atom. The maximum absolute atomic E-state index is 5.80. The van der Waals surface area contributed by atoms with Gasteiger partial charge in [0.25, 0.3) is 0 Å². The summed E-state index contributed by atoms with van der Waals surface area (Å²) in [6.07, 6.45) is 14.4. The summed E-state index contributed by atoms with van der Waals surface area (Å²) in [4.78, 5) is 0. The van der Waals surface area contributed by atoms with Crippen LogP contribution in [0.3, 0.4) is 0 Å². The van der Waals surface area contributed by atoms with Gasteiger partial charge >= 0.3 is 0 Å². The molecule has 0 aromatic carbocycles. The van der Waals surface area contributed by atoms with Gasteiger partial charge in [0, 0.05) is 0 Å². The van der Waals surface area contributed by atoms with Crippen molar-refractivity contribution in [3.8, 4) is 0 Å². The minimum absolute atomic E-state index is 0.502. The molecule has 5 heterocycles. The van der Waals surface area contributed by atoms with Gasteiger partial charge in [-0.15, -0.1) is 0 Å². The molecule has 9 atom stereocenters. The molecule has 6 fully saturated rings. The van der Waals surface area contributed by atoms with Gasteiger partial charge in [-0.2, -0.15) is 0 Å². The van der Waals surface area contributed by atoms with Crippen LogP contribution in [0.1, 0.15) is 57.8 Å². The van der Waals surface area contributed by atoms with E-state index >= 15 is 0 Å². The fourth-order valence-corrected chi connectivity index (χ4v) is 6.53. The van der Waals surface area contributed by atoms with Crippen LogP contribution in [-0.2, 0) is 23.7 Å². The molecule has 0 aromatic rings. The van der Waals surface area contributed by atoms with Gasteiger partial charge in [-0.05, 0) is 61.7 Å². The van der Waals surface area contributed by atoms with Crippen LogP contribution >= 0.6 is 0 Å². The minimum Gasteiger partial charge on any atom is -0.373 e. The quantitative estimate of drug-likeness (QED) is 0.519. The van der Waals surface area contributed by atoms with Crippen molar-refractivity contribution in [1.82, 2.24) is 0 Å². The summed E-state index contributed by atoms with van der Waals surface area (Å²) < 4.78 is 28.8. The highest BCUT2D eigenvalue weighted by atomic mass is 16.6. The molecule has 0 radical (unpaired) electrons. The van der Waals surface area contributed by atoms with Crippen LogP contribution in [0.2, 0.25) is 0 Å². The number of hydrogen-bond acceptors (Lipinski definition) is 5.